The molecule has 0 saturated carbocycles. The minimum atomic E-state index is -0.748. The first-order valence-electron chi connectivity index (χ1n) is 8.32. The van der Waals surface area contributed by atoms with Crippen LogP contribution in [0.15, 0.2) is 26.9 Å². The first-order chi connectivity index (χ1) is 11.9. The maximum absolute atomic E-state index is 10.7. The van der Waals surface area contributed by atoms with E-state index >= 15 is 0 Å². The summed E-state index contributed by atoms with van der Waals surface area (Å²) in [6.45, 7) is 5.22. The van der Waals surface area contributed by atoms with E-state index in [0.29, 0.717) is 18.0 Å². The molecule has 2 aliphatic rings. The number of hydrogen-bond acceptors (Lipinski definition) is 6. The van der Waals surface area contributed by atoms with Crippen molar-refractivity contribution in [3.05, 3.63) is 16.9 Å². The molecule has 0 radical (unpaired) electrons. The molecule has 2 heterocycles. The number of hydrogen-bond donors (Lipinski definition) is 2. The molecule has 1 aromatic rings. The van der Waals surface area contributed by atoms with Crippen LogP contribution in [-0.4, -0.2) is 40.4 Å². The Morgan fingerprint density at radius 3 is 2.85 bits per heavy atom. The summed E-state index contributed by atoms with van der Waals surface area (Å²) >= 11 is 1.61. The van der Waals surface area contributed by atoms with Gasteiger partial charge in [0.25, 0.3) is 0 Å². The molecule has 0 bridgehead atoms. The highest BCUT2D eigenvalue weighted by molar-refractivity contribution is 8.04. The molecule has 0 saturated heterocycles. The topological polar surface area (TPSA) is 101 Å². The number of thioether (sulfide) groups is 1. The molecule has 0 fully saturated rings. The van der Waals surface area contributed by atoms with Crippen LogP contribution in [0.25, 0.3) is 0 Å². The van der Waals surface area contributed by atoms with Gasteiger partial charge in [0.2, 0.25) is 5.88 Å². The lowest BCUT2D eigenvalue weighted by molar-refractivity contribution is -0.610. The Kier molecular flexibility index (Phi) is 6.81. The number of aromatic nitrogens is 2. The number of ether oxygens (including phenoxy) is 1. The molecule has 1 aliphatic carbocycles. The number of carboxylic acid groups (broad SMARTS) is 1. The lowest BCUT2D eigenvalue weighted by atomic mass is 9.78. The van der Waals surface area contributed by atoms with Gasteiger partial charge >= 0.3 is 5.97 Å². The summed E-state index contributed by atoms with van der Waals surface area (Å²) in [7, 11) is 1.59. The van der Waals surface area contributed by atoms with Gasteiger partial charge in [-0.3, -0.25) is 4.79 Å². The zero-order chi connectivity index (χ0) is 18.0. The van der Waals surface area contributed by atoms with Gasteiger partial charge in [-0.1, -0.05) is 25.6 Å². The molecule has 1 aliphatic heterocycles. The highest BCUT2D eigenvalue weighted by atomic mass is 79.9. The number of fused-ring (bicyclic) bond motifs is 2. The average Bonchev–Trinajstić information content (AvgIpc) is 2.55. The van der Waals surface area contributed by atoms with Crippen molar-refractivity contribution in [1.82, 2.24) is 9.97 Å². The van der Waals surface area contributed by atoms with E-state index < -0.39 is 5.97 Å². The van der Waals surface area contributed by atoms with Crippen molar-refractivity contribution in [2.45, 2.75) is 44.6 Å². The maximum Gasteiger partial charge on any atom is 0.303 e. The van der Waals surface area contributed by atoms with Gasteiger partial charge in [0.15, 0.2) is 5.69 Å². The fraction of sp³-hybridized carbons (Fsp3) is 0.529. The molecule has 0 amide bonds. The molecule has 1 aromatic heterocycles. The SMILES string of the molecule is COc1ncnc2c1N=C1CC(C)(C)CC([NH2+]CCCC(=O)O)=C1S2.[Br-]. The number of aliphatic imine (C=N–C) groups is 1. The van der Waals surface area contributed by atoms with Gasteiger partial charge in [-0.2, -0.15) is 4.98 Å². The fourth-order valence-electron chi connectivity index (χ4n) is 3.19. The summed E-state index contributed by atoms with van der Waals surface area (Å²) in [6.07, 6.45) is 4.19. The van der Waals surface area contributed by atoms with E-state index in [0.717, 1.165) is 35.0 Å². The van der Waals surface area contributed by atoms with Crippen molar-refractivity contribution in [3.8, 4) is 5.88 Å². The van der Waals surface area contributed by atoms with E-state index in [-0.39, 0.29) is 28.8 Å². The van der Waals surface area contributed by atoms with Crippen LogP contribution in [0, 0.1) is 5.41 Å². The van der Waals surface area contributed by atoms with Gasteiger partial charge in [-0.05, 0) is 11.8 Å². The Hall–Kier alpha value is -1.45. The highest BCUT2D eigenvalue weighted by Gasteiger charge is 2.37. The number of aliphatic carboxylic acids is 1. The molecule has 7 nitrogen and oxygen atoms in total. The Bertz CT molecular complexity index is 764. The summed E-state index contributed by atoms with van der Waals surface area (Å²) in [5.41, 5.74) is 3.11. The van der Waals surface area contributed by atoms with Gasteiger partial charge in [-0.25, -0.2) is 9.98 Å². The third kappa shape index (κ3) is 4.63. The molecule has 0 aromatic carbocycles. The Labute approximate surface area is 167 Å². The van der Waals surface area contributed by atoms with Crippen LogP contribution in [-0.2, 0) is 4.79 Å². The summed E-state index contributed by atoms with van der Waals surface area (Å²) < 4.78 is 5.32. The van der Waals surface area contributed by atoms with Crippen LogP contribution < -0.4 is 27.0 Å². The van der Waals surface area contributed by atoms with Crippen molar-refractivity contribution in [2.75, 3.05) is 13.7 Å². The van der Waals surface area contributed by atoms with Crippen LogP contribution in [0.2, 0.25) is 0 Å². The van der Waals surface area contributed by atoms with E-state index in [1.807, 2.05) is 0 Å². The van der Waals surface area contributed by atoms with Crippen molar-refractivity contribution in [3.63, 3.8) is 0 Å². The van der Waals surface area contributed by atoms with Gasteiger partial charge in [0, 0.05) is 12.8 Å². The van der Waals surface area contributed by atoms with E-state index in [9.17, 15) is 4.79 Å². The molecule has 0 atom stereocenters. The summed E-state index contributed by atoms with van der Waals surface area (Å²) in [5, 5.41) is 11.8. The van der Waals surface area contributed by atoms with Crippen molar-refractivity contribution >= 4 is 29.1 Å². The summed E-state index contributed by atoms with van der Waals surface area (Å²) in [6, 6.07) is 0. The van der Waals surface area contributed by atoms with Crippen LogP contribution in [0.5, 0.6) is 5.88 Å². The molecule has 0 spiro atoms. The van der Waals surface area contributed by atoms with Gasteiger partial charge in [-0.15, -0.1) is 0 Å². The monoisotopic (exact) mass is 442 g/mol. The molecule has 3 rings (SSSR count). The van der Waals surface area contributed by atoms with E-state index in [4.69, 9.17) is 14.8 Å². The standard InChI is InChI=1S/C17H22N4O3S.BrH/c1-17(2)7-10(18-6-4-5-12(22)23)14-11(8-17)21-13-15(24-3)19-9-20-16(13)25-14;/h9,18H,4-8H2,1-3H3,(H,22,23);1H. The summed E-state index contributed by atoms with van der Waals surface area (Å²) in [5.74, 6) is -0.249. The number of halogens is 1. The lowest BCUT2D eigenvalue weighted by Crippen LogP contribution is -3.00. The molecular weight excluding hydrogens is 420 g/mol. The number of rotatable bonds is 6. The van der Waals surface area contributed by atoms with Crippen LogP contribution in [0.4, 0.5) is 5.69 Å². The van der Waals surface area contributed by atoms with E-state index in [1.165, 1.54) is 12.0 Å². The van der Waals surface area contributed by atoms with Crippen molar-refractivity contribution in [1.29, 1.82) is 0 Å². The minimum Gasteiger partial charge on any atom is -1.00 e. The van der Waals surface area contributed by atoms with Crippen LogP contribution >= 0.6 is 11.8 Å². The van der Waals surface area contributed by atoms with Crippen LogP contribution in [0.1, 0.15) is 39.5 Å². The Morgan fingerprint density at radius 1 is 1.38 bits per heavy atom. The second kappa shape index (κ2) is 8.49. The predicted molar refractivity (Wildman–Crippen MR) is 95.2 cm³/mol. The first kappa shape index (κ1) is 20.9. The Balaban J connectivity index is 0.00000243. The quantitative estimate of drug-likeness (QED) is 0.438. The number of carbonyl (C=O) groups is 1. The second-order valence-electron chi connectivity index (χ2n) is 7.06. The average molecular weight is 443 g/mol. The number of methoxy groups -OCH3 is 1. The van der Waals surface area contributed by atoms with Gasteiger partial charge in [0.05, 0.1) is 30.7 Å². The normalized spacial score (nSPS) is 17.6. The van der Waals surface area contributed by atoms with E-state index in [2.05, 4.69) is 29.1 Å². The zero-order valence-corrected chi connectivity index (χ0v) is 17.5. The number of nitrogens with zero attached hydrogens (tertiary/aromatic N) is 3. The largest absolute Gasteiger partial charge is 1.00 e. The summed E-state index contributed by atoms with van der Waals surface area (Å²) in [4.78, 5) is 25.2. The molecule has 9 heteroatoms. The maximum atomic E-state index is 10.7. The predicted octanol–water partition coefficient (Wildman–Crippen LogP) is -0.873. The number of carboxylic acids is 1. The number of nitrogens with two attached hydrogens (primary N) is 1. The van der Waals surface area contributed by atoms with Crippen molar-refractivity contribution < 1.29 is 36.9 Å². The lowest BCUT2D eigenvalue weighted by Gasteiger charge is -2.33. The first-order valence-corrected chi connectivity index (χ1v) is 9.14. The molecule has 26 heavy (non-hydrogen) atoms. The fourth-order valence-corrected chi connectivity index (χ4v) is 4.23. The van der Waals surface area contributed by atoms with Crippen molar-refractivity contribution in [2.24, 2.45) is 10.4 Å². The molecular formula is C17H23BrN4O3S. The Morgan fingerprint density at radius 2 is 2.15 bits per heavy atom. The zero-order valence-electron chi connectivity index (χ0n) is 15.1. The molecule has 3 N–H and O–H groups in total. The molecule has 0 unspecified atom stereocenters. The number of allylic oxidation sites excluding steroid dienone is 2. The minimum absolute atomic E-state index is 0. The van der Waals surface area contributed by atoms with Gasteiger partial charge in [0.1, 0.15) is 17.1 Å². The third-order valence-electron chi connectivity index (χ3n) is 4.25. The number of quaternary nitrogens is 1. The smallest absolute Gasteiger partial charge is 0.303 e. The highest BCUT2D eigenvalue weighted by Crippen LogP contribution is 2.48. The van der Waals surface area contributed by atoms with Crippen LogP contribution in [0.3, 0.4) is 0 Å². The third-order valence-corrected chi connectivity index (χ3v) is 5.44. The molecule has 142 valence electrons. The van der Waals surface area contributed by atoms with Gasteiger partial charge < -0.3 is 32.1 Å². The van der Waals surface area contributed by atoms with E-state index in [1.54, 1.807) is 18.9 Å². The second-order valence-corrected chi connectivity index (χ2v) is 8.06.